The molecule has 1 aromatic heterocycles. The third-order valence-corrected chi connectivity index (χ3v) is 2.85. The first-order valence-electron chi connectivity index (χ1n) is 4.69. The number of nitriles is 1. The van der Waals surface area contributed by atoms with Gasteiger partial charge in [0.2, 0.25) is 0 Å². The monoisotopic (exact) mass is 308 g/mol. The second-order valence-electron chi connectivity index (χ2n) is 3.14. The summed E-state index contributed by atoms with van der Waals surface area (Å²) in [5.41, 5.74) is 0.245. The largest absolute Gasteiger partial charge is 0.453 e. The molecule has 0 fully saturated rings. The first-order valence-corrected chi connectivity index (χ1v) is 5.86. The van der Waals surface area contributed by atoms with E-state index in [-0.39, 0.29) is 5.69 Å². The van der Waals surface area contributed by atoms with Crippen molar-refractivity contribution in [3.8, 4) is 17.6 Å². The normalized spacial score (nSPS) is 9.71. The molecule has 1 heterocycles. The minimum absolute atomic E-state index is 0.245. The topological polar surface area (TPSA) is 45.9 Å². The van der Waals surface area contributed by atoms with Gasteiger partial charge in [-0.2, -0.15) is 5.26 Å². The Hall–Kier alpha value is -1.57. The lowest BCUT2D eigenvalue weighted by atomic mass is 10.3. The molecule has 17 heavy (non-hydrogen) atoms. The van der Waals surface area contributed by atoms with Gasteiger partial charge < -0.3 is 4.74 Å². The molecular weight excluding hydrogens is 304 g/mol. The average molecular weight is 310 g/mol. The molecule has 0 aliphatic heterocycles. The molecule has 0 radical (unpaired) electrons. The number of hydrogen-bond donors (Lipinski definition) is 0. The molecule has 0 amide bonds. The van der Waals surface area contributed by atoms with Gasteiger partial charge in [-0.15, -0.1) is 0 Å². The van der Waals surface area contributed by atoms with Gasteiger partial charge >= 0.3 is 0 Å². The van der Waals surface area contributed by atoms with E-state index >= 15 is 0 Å². The van der Waals surface area contributed by atoms with Crippen LogP contribution in [-0.4, -0.2) is 4.98 Å². The third-order valence-electron chi connectivity index (χ3n) is 1.99. The summed E-state index contributed by atoms with van der Waals surface area (Å²) in [6, 6.07) is 10.5. The van der Waals surface area contributed by atoms with Crippen molar-refractivity contribution in [1.29, 1.82) is 5.26 Å². The Morgan fingerprint density at radius 3 is 2.82 bits per heavy atom. The number of benzene rings is 1. The second kappa shape index (κ2) is 5.17. The van der Waals surface area contributed by atoms with E-state index in [1.807, 2.05) is 6.07 Å². The van der Waals surface area contributed by atoms with Crippen molar-refractivity contribution in [3.63, 3.8) is 0 Å². The number of nitrogens with zero attached hydrogens (tertiary/aromatic N) is 2. The number of aromatic nitrogens is 1. The molecule has 1 aromatic carbocycles. The van der Waals surface area contributed by atoms with Gasteiger partial charge in [-0.1, -0.05) is 11.6 Å². The maximum Gasteiger partial charge on any atom is 0.183 e. The Labute approximate surface area is 112 Å². The van der Waals surface area contributed by atoms with Crippen molar-refractivity contribution in [1.82, 2.24) is 4.98 Å². The van der Waals surface area contributed by atoms with Gasteiger partial charge in [-0.05, 0) is 46.3 Å². The molecule has 0 atom stereocenters. The fourth-order valence-corrected chi connectivity index (χ4v) is 2.00. The van der Waals surface area contributed by atoms with Crippen LogP contribution in [0.2, 0.25) is 5.02 Å². The van der Waals surface area contributed by atoms with Crippen molar-refractivity contribution < 1.29 is 4.74 Å². The zero-order valence-corrected chi connectivity index (χ0v) is 10.9. The smallest absolute Gasteiger partial charge is 0.183 e. The number of rotatable bonds is 2. The molecule has 3 nitrogen and oxygen atoms in total. The van der Waals surface area contributed by atoms with Crippen LogP contribution in [0, 0.1) is 11.3 Å². The molecule has 0 aliphatic rings. The fraction of sp³-hybridized carbons (Fsp3) is 0. The third kappa shape index (κ3) is 2.76. The van der Waals surface area contributed by atoms with Crippen LogP contribution >= 0.6 is 27.5 Å². The molecule has 0 unspecified atom stereocenters. The predicted octanol–water partition coefficient (Wildman–Crippen LogP) is 4.16. The van der Waals surface area contributed by atoms with Gasteiger partial charge in [0, 0.05) is 11.2 Å². The van der Waals surface area contributed by atoms with Crippen LogP contribution in [0.1, 0.15) is 5.69 Å². The average Bonchev–Trinajstić information content (AvgIpc) is 2.33. The highest BCUT2D eigenvalue weighted by Gasteiger charge is 2.07. The molecule has 0 bridgehead atoms. The second-order valence-corrected chi connectivity index (χ2v) is 4.43. The van der Waals surface area contributed by atoms with E-state index in [2.05, 4.69) is 20.9 Å². The SMILES string of the molecule is N#Cc1ncccc1Oc1ccc(Cl)cc1Br. The quantitative estimate of drug-likeness (QED) is 0.836. The maximum atomic E-state index is 8.88. The van der Waals surface area contributed by atoms with E-state index in [4.69, 9.17) is 21.6 Å². The molecule has 0 spiro atoms. The maximum absolute atomic E-state index is 8.88. The summed E-state index contributed by atoms with van der Waals surface area (Å²) >= 11 is 9.17. The molecule has 0 saturated carbocycles. The molecule has 84 valence electrons. The molecule has 2 aromatic rings. The lowest BCUT2D eigenvalue weighted by molar-refractivity contribution is 0.475. The standard InChI is InChI=1S/C12H6BrClN2O/c13-9-6-8(14)3-4-11(9)17-12-2-1-5-16-10(12)7-15/h1-6H. The van der Waals surface area contributed by atoms with Gasteiger partial charge in [0.25, 0.3) is 0 Å². The minimum Gasteiger partial charge on any atom is -0.453 e. The molecule has 5 heteroatoms. The van der Waals surface area contributed by atoms with Gasteiger partial charge in [0.05, 0.1) is 4.47 Å². The van der Waals surface area contributed by atoms with Gasteiger partial charge in [-0.3, -0.25) is 0 Å². The van der Waals surface area contributed by atoms with Crippen molar-refractivity contribution in [3.05, 3.63) is 51.7 Å². The van der Waals surface area contributed by atoms with Crippen LogP contribution < -0.4 is 4.74 Å². The van der Waals surface area contributed by atoms with E-state index in [9.17, 15) is 0 Å². The van der Waals surface area contributed by atoms with E-state index in [0.29, 0.717) is 16.5 Å². The van der Waals surface area contributed by atoms with Crippen LogP contribution in [0.25, 0.3) is 0 Å². The fourth-order valence-electron chi connectivity index (χ4n) is 1.23. The van der Waals surface area contributed by atoms with Gasteiger partial charge in [0.1, 0.15) is 11.8 Å². The Bertz CT molecular complexity index is 595. The van der Waals surface area contributed by atoms with E-state index in [0.717, 1.165) is 4.47 Å². The van der Waals surface area contributed by atoms with Crippen LogP contribution in [0.4, 0.5) is 0 Å². The Balaban J connectivity index is 2.35. The van der Waals surface area contributed by atoms with Gasteiger partial charge in [0.15, 0.2) is 11.4 Å². The molecule has 2 rings (SSSR count). The van der Waals surface area contributed by atoms with Crippen molar-refractivity contribution >= 4 is 27.5 Å². The summed E-state index contributed by atoms with van der Waals surface area (Å²) in [5.74, 6) is 0.997. The summed E-state index contributed by atoms with van der Waals surface area (Å²) in [7, 11) is 0. The van der Waals surface area contributed by atoms with E-state index in [1.165, 1.54) is 0 Å². The number of hydrogen-bond acceptors (Lipinski definition) is 3. The number of halogens is 2. The minimum atomic E-state index is 0.245. The van der Waals surface area contributed by atoms with Crippen LogP contribution in [0.5, 0.6) is 11.5 Å². The molecule has 0 N–H and O–H groups in total. The number of pyridine rings is 1. The first-order chi connectivity index (χ1) is 8.20. The number of ether oxygens (including phenoxy) is 1. The molecule has 0 saturated heterocycles. The predicted molar refractivity (Wildman–Crippen MR) is 68.2 cm³/mol. The van der Waals surface area contributed by atoms with Crippen molar-refractivity contribution in [2.75, 3.05) is 0 Å². The highest BCUT2D eigenvalue weighted by molar-refractivity contribution is 9.10. The van der Waals surface area contributed by atoms with Crippen molar-refractivity contribution in [2.45, 2.75) is 0 Å². The van der Waals surface area contributed by atoms with E-state index < -0.39 is 0 Å². The van der Waals surface area contributed by atoms with Crippen molar-refractivity contribution in [2.24, 2.45) is 0 Å². The van der Waals surface area contributed by atoms with Crippen LogP contribution in [0.15, 0.2) is 41.0 Å². The Kier molecular flexibility index (Phi) is 3.62. The Morgan fingerprint density at radius 1 is 1.29 bits per heavy atom. The summed E-state index contributed by atoms with van der Waals surface area (Å²) in [4.78, 5) is 3.91. The van der Waals surface area contributed by atoms with E-state index in [1.54, 1.807) is 36.5 Å². The highest BCUT2D eigenvalue weighted by Crippen LogP contribution is 2.32. The first kappa shape index (κ1) is 11.9. The summed E-state index contributed by atoms with van der Waals surface area (Å²) in [6.45, 7) is 0. The summed E-state index contributed by atoms with van der Waals surface area (Å²) in [6.07, 6.45) is 1.54. The highest BCUT2D eigenvalue weighted by atomic mass is 79.9. The summed E-state index contributed by atoms with van der Waals surface area (Å²) in [5, 5.41) is 9.49. The zero-order valence-electron chi connectivity index (χ0n) is 8.52. The lowest BCUT2D eigenvalue weighted by Gasteiger charge is -2.08. The lowest BCUT2D eigenvalue weighted by Crippen LogP contribution is -1.91. The zero-order chi connectivity index (χ0) is 12.3. The molecule has 0 aliphatic carbocycles. The Morgan fingerprint density at radius 2 is 2.12 bits per heavy atom. The van der Waals surface area contributed by atoms with Crippen LogP contribution in [-0.2, 0) is 0 Å². The molecular formula is C12H6BrClN2O. The summed E-state index contributed by atoms with van der Waals surface area (Å²) < 4.78 is 6.32. The van der Waals surface area contributed by atoms with Gasteiger partial charge in [-0.25, -0.2) is 4.98 Å². The van der Waals surface area contributed by atoms with Crippen LogP contribution in [0.3, 0.4) is 0 Å².